The van der Waals surface area contributed by atoms with Crippen LogP contribution in [0.5, 0.6) is 0 Å². The van der Waals surface area contributed by atoms with Gasteiger partial charge in [-0.05, 0) is 62.7 Å². The molecule has 0 aliphatic rings. The van der Waals surface area contributed by atoms with Gasteiger partial charge < -0.3 is 10.2 Å². The van der Waals surface area contributed by atoms with Crippen LogP contribution in [0.25, 0.3) is 0 Å². The molecule has 4 nitrogen and oxygen atoms in total. The highest BCUT2D eigenvalue weighted by Gasteiger charge is 2.26. The van der Waals surface area contributed by atoms with Gasteiger partial charge in [-0.15, -0.1) is 11.8 Å². The van der Waals surface area contributed by atoms with Crippen molar-refractivity contribution in [3.63, 3.8) is 0 Å². The van der Waals surface area contributed by atoms with Crippen LogP contribution >= 0.6 is 35.0 Å². The lowest BCUT2D eigenvalue weighted by Gasteiger charge is -2.29. The highest BCUT2D eigenvalue weighted by Crippen LogP contribution is 2.22. The van der Waals surface area contributed by atoms with Crippen LogP contribution in [0.3, 0.4) is 0 Å². The van der Waals surface area contributed by atoms with Gasteiger partial charge >= 0.3 is 0 Å². The average Bonchev–Trinajstić information content (AvgIpc) is 2.64. The Balaban J connectivity index is 2.14. The number of amides is 2. The van der Waals surface area contributed by atoms with Crippen LogP contribution in [0.2, 0.25) is 10.0 Å². The Morgan fingerprint density at radius 2 is 1.71 bits per heavy atom. The van der Waals surface area contributed by atoms with E-state index in [0.29, 0.717) is 16.6 Å². The highest BCUT2D eigenvalue weighted by molar-refractivity contribution is 8.00. The molecule has 2 aromatic rings. The zero-order chi connectivity index (χ0) is 20.7. The Kier molecular flexibility index (Phi) is 8.67. The van der Waals surface area contributed by atoms with E-state index in [1.165, 1.54) is 11.8 Å². The summed E-state index contributed by atoms with van der Waals surface area (Å²) in [7, 11) is 0. The smallest absolute Gasteiger partial charge is 0.242 e. The molecular formula is C21H24Cl2N2O2S. The molecule has 1 N–H and O–H groups in total. The zero-order valence-electron chi connectivity index (χ0n) is 16.1. The SMILES string of the molecule is CC(C)NC(=O)[C@@H](C)N(Cc1cccc(Cl)c1)C(=O)CSc1ccc(Cl)cc1. The predicted octanol–water partition coefficient (Wildman–Crippen LogP) is 5.03. The highest BCUT2D eigenvalue weighted by atomic mass is 35.5. The lowest BCUT2D eigenvalue weighted by Crippen LogP contribution is -2.49. The summed E-state index contributed by atoms with van der Waals surface area (Å²) in [6.45, 7) is 5.84. The number of carbonyl (C=O) groups excluding carboxylic acids is 2. The third kappa shape index (κ3) is 7.04. The molecule has 1 atom stereocenters. The van der Waals surface area contributed by atoms with E-state index in [0.717, 1.165) is 10.5 Å². The monoisotopic (exact) mass is 438 g/mol. The Bertz CT molecular complexity index is 812. The number of nitrogens with one attached hydrogen (secondary N) is 1. The Hall–Kier alpha value is -1.69. The maximum atomic E-state index is 13.0. The van der Waals surface area contributed by atoms with Gasteiger partial charge in [-0.2, -0.15) is 0 Å². The van der Waals surface area contributed by atoms with Crippen molar-refractivity contribution in [2.45, 2.75) is 44.3 Å². The van der Waals surface area contributed by atoms with Crippen molar-refractivity contribution < 1.29 is 9.59 Å². The van der Waals surface area contributed by atoms with Gasteiger partial charge in [0.25, 0.3) is 0 Å². The van der Waals surface area contributed by atoms with Gasteiger partial charge in [-0.3, -0.25) is 9.59 Å². The first-order valence-electron chi connectivity index (χ1n) is 8.99. The van der Waals surface area contributed by atoms with E-state index in [9.17, 15) is 9.59 Å². The summed E-state index contributed by atoms with van der Waals surface area (Å²) < 4.78 is 0. The fourth-order valence-electron chi connectivity index (χ4n) is 2.58. The van der Waals surface area contributed by atoms with Crippen LogP contribution < -0.4 is 5.32 Å². The van der Waals surface area contributed by atoms with E-state index in [1.807, 2.05) is 38.1 Å². The maximum Gasteiger partial charge on any atom is 0.242 e. The lowest BCUT2D eigenvalue weighted by molar-refractivity contribution is -0.138. The van der Waals surface area contributed by atoms with Crippen molar-refractivity contribution in [3.05, 3.63) is 64.1 Å². The molecule has 150 valence electrons. The molecule has 0 bridgehead atoms. The third-order valence-electron chi connectivity index (χ3n) is 4.02. The second-order valence-corrected chi connectivity index (χ2v) is 8.66. The molecule has 0 radical (unpaired) electrons. The van der Waals surface area contributed by atoms with Crippen molar-refractivity contribution in [2.24, 2.45) is 0 Å². The number of thioether (sulfide) groups is 1. The molecule has 0 fully saturated rings. The zero-order valence-corrected chi connectivity index (χ0v) is 18.4. The number of hydrogen-bond acceptors (Lipinski definition) is 3. The van der Waals surface area contributed by atoms with Crippen LogP contribution in [-0.4, -0.2) is 34.6 Å². The van der Waals surface area contributed by atoms with Crippen LogP contribution in [0.1, 0.15) is 26.3 Å². The van der Waals surface area contributed by atoms with E-state index < -0.39 is 6.04 Å². The first-order valence-corrected chi connectivity index (χ1v) is 10.7. The molecular weight excluding hydrogens is 415 g/mol. The minimum absolute atomic E-state index is 0.00140. The van der Waals surface area contributed by atoms with E-state index in [4.69, 9.17) is 23.2 Å². The number of halogens is 2. The summed E-state index contributed by atoms with van der Waals surface area (Å²) >= 11 is 13.4. The molecule has 28 heavy (non-hydrogen) atoms. The van der Waals surface area contributed by atoms with Gasteiger partial charge in [0.1, 0.15) is 6.04 Å². The topological polar surface area (TPSA) is 49.4 Å². The van der Waals surface area contributed by atoms with Crippen molar-refractivity contribution in [1.29, 1.82) is 0 Å². The summed E-state index contributed by atoms with van der Waals surface area (Å²) in [5.74, 6) is -0.0743. The Labute approximate surface area is 180 Å². The summed E-state index contributed by atoms with van der Waals surface area (Å²) in [5.41, 5.74) is 0.876. The fourth-order valence-corrected chi connectivity index (χ4v) is 3.70. The first kappa shape index (κ1) is 22.6. The van der Waals surface area contributed by atoms with Crippen molar-refractivity contribution in [1.82, 2.24) is 10.2 Å². The summed E-state index contributed by atoms with van der Waals surface area (Å²) in [5, 5.41) is 4.12. The number of rotatable bonds is 8. The van der Waals surface area contributed by atoms with Crippen LogP contribution in [-0.2, 0) is 16.1 Å². The minimum Gasteiger partial charge on any atom is -0.352 e. The van der Waals surface area contributed by atoms with Crippen molar-refractivity contribution >= 4 is 46.8 Å². The number of nitrogens with zero attached hydrogens (tertiary/aromatic N) is 1. The lowest BCUT2D eigenvalue weighted by atomic mass is 10.1. The van der Waals surface area contributed by atoms with Gasteiger partial charge in [0.05, 0.1) is 5.75 Å². The summed E-state index contributed by atoms with van der Waals surface area (Å²) in [6.07, 6.45) is 0. The van der Waals surface area contributed by atoms with Gasteiger partial charge in [-0.25, -0.2) is 0 Å². The van der Waals surface area contributed by atoms with Gasteiger partial charge in [0.2, 0.25) is 11.8 Å². The number of hydrogen-bond donors (Lipinski definition) is 1. The number of carbonyl (C=O) groups is 2. The molecule has 0 unspecified atom stereocenters. The number of benzene rings is 2. The molecule has 0 saturated carbocycles. The normalized spacial score (nSPS) is 11.9. The standard InChI is InChI=1S/C21H24Cl2N2O2S/c1-14(2)24-21(27)15(3)25(12-16-5-4-6-18(23)11-16)20(26)13-28-19-9-7-17(22)8-10-19/h4-11,14-15H,12-13H2,1-3H3,(H,24,27)/t15-/m1/s1. The molecule has 2 amide bonds. The second kappa shape index (κ2) is 10.7. The maximum absolute atomic E-state index is 13.0. The molecule has 0 heterocycles. The molecule has 2 aromatic carbocycles. The Morgan fingerprint density at radius 1 is 1.04 bits per heavy atom. The third-order valence-corrected chi connectivity index (χ3v) is 5.50. The molecule has 0 aliphatic carbocycles. The molecule has 0 aliphatic heterocycles. The van der Waals surface area contributed by atoms with E-state index in [1.54, 1.807) is 36.1 Å². The van der Waals surface area contributed by atoms with E-state index >= 15 is 0 Å². The second-order valence-electron chi connectivity index (χ2n) is 6.73. The van der Waals surface area contributed by atoms with Gasteiger partial charge in [-0.1, -0.05) is 35.3 Å². The molecule has 0 saturated heterocycles. The molecule has 0 aromatic heterocycles. The van der Waals surface area contributed by atoms with Crippen LogP contribution in [0.4, 0.5) is 0 Å². The predicted molar refractivity (Wildman–Crippen MR) is 117 cm³/mol. The average molecular weight is 439 g/mol. The summed E-state index contributed by atoms with van der Waals surface area (Å²) in [4.78, 5) is 28.0. The Morgan fingerprint density at radius 3 is 2.32 bits per heavy atom. The van der Waals surface area contributed by atoms with Crippen LogP contribution in [0.15, 0.2) is 53.4 Å². The van der Waals surface area contributed by atoms with Gasteiger partial charge in [0, 0.05) is 27.5 Å². The first-order chi connectivity index (χ1) is 13.3. The summed E-state index contributed by atoms with van der Waals surface area (Å²) in [6, 6.07) is 14.0. The van der Waals surface area contributed by atoms with Crippen LogP contribution in [0, 0.1) is 0 Å². The van der Waals surface area contributed by atoms with Gasteiger partial charge in [0.15, 0.2) is 0 Å². The quantitative estimate of drug-likeness (QED) is 0.587. The van der Waals surface area contributed by atoms with E-state index in [-0.39, 0.29) is 23.6 Å². The largest absolute Gasteiger partial charge is 0.352 e. The molecule has 7 heteroatoms. The molecule has 2 rings (SSSR count). The fraction of sp³-hybridized carbons (Fsp3) is 0.333. The minimum atomic E-state index is -0.598. The van der Waals surface area contributed by atoms with Crippen molar-refractivity contribution in [2.75, 3.05) is 5.75 Å². The van der Waals surface area contributed by atoms with Crippen molar-refractivity contribution in [3.8, 4) is 0 Å². The molecule has 0 spiro atoms. The van der Waals surface area contributed by atoms with E-state index in [2.05, 4.69) is 5.32 Å².